The van der Waals surface area contributed by atoms with Crippen molar-refractivity contribution in [2.24, 2.45) is 5.92 Å². The molecule has 4 rings (SSSR count). The molecule has 0 saturated carbocycles. The second kappa shape index (κ2) is 7.30. The number of amides is 2. The number of rotatable bonds is 4. The van der Waals surface area contributed by atoms with Crippen LogP contribution in [-0.2, 0) is 16.0 Å². The van der Waals surface area contributed by atoms with Gasteiger partial charge in [-0.05, 0) is 43.0 Å². The number of likely N-dealkylation sites (tertiary alicyclic amines) is 1. The fraction of sp³-hybridized carbons (Fsp3) is 0.476. The lowest BCUT2D eigenvalue weighted by atomic mass is 9.93. The van der Waals surface area contributed by atoms with E-state index in [1.165, 1.54) is 6.07 Å². The Labute approximate surface area is 162 Å². The maximum absolute atomic E-state index is 12.7. The molecule has 2 amide bonds. The number of ether oxygens (including phenoxy) is 1. The third-order valence-corrected chi connectivity index (χ3v) is 5.65. The number of fused-ring (bicyclic) bond motifs is 2. The summed E-state index contributed by atoms with van der Waals surface area (Å²) in [6, 6.07) is 5.33. The van der Waals surface area contributed by atoms with Crippen molar-refractivity contribution in [2.45, 2.75) is 39.2 Å². The molecule has 2 aromatic rings. The Morgan fingerprint density at radius 3 is 2.93 bits per heavy atom. The van der Waals surface area contributed by atoms with Crippen molar-refractivity contribution in [3.05, 3.63) is 39.7 Å². The standard InChI is InChI=1S/C21H24N2O5/c1-3-13-9-20(26)28-17-7-12(2)6-16(21(13)17)27-11-19(25)23-5-4-15-14(10-23)8-18(24)22-15/h6-7,9,14-15H,3-5,8,10-11H2,1-2H3,(H,22,24)/t14-,15+/m1/s1. The molecule has 0 radical (unpaired) electrons. The molecule has 7 heteroatoms. The molecule has 1 N–H and O–H groups in total. The van der Waals surface area contributed by atoms with Crippen molar-refractivity contribution in [1.29, 1.82) is 0 Å². The lowest BCUT2D eigenvalue weighted by molar-refractivity contribution is -0.135. The van der Waals surface area contributed by atoms with Crippen LogP contribution in [0.1, 0.15) is 30.9 Å². The van der Waals surface area contributed by atoms with Gasteiger partial charge in [0.15, 0.2) is 6.61 Å². The number of hydrogen-bond donors (Lipinski definition) is 1. The molecule has 3 heterocycles. The number of aryl methyl sites for hydroxylation is 2. The van der Waals surface area contributed by atoms with Crippen molar-refractivity contribution in [3.8, 4) is 5.75 Å². The number of benzene rings is 1. The maximum Gasteiger partial charge on any atom is 0.336 e. The Hall–Kier alpha value is -2.83. The molecule has 148 valence electrons. The van der Waals surface area contributed by atoms with Crippen LogP contribution in [0.4, 0.5) is 0 Å². The summed E-state index contributed by atoms with van der Waals surface area (Å²) < 4.78 is 11.2. The van der Waals surface area contributed by atoms with Crippen molar-refractivity contribution in [3.63, 3.8) is 0 Å². The van der Waals surface area contributed by atoms with Gasteiger partial charge in [-0.25, -0.2) is 4.79 Å². The highest BCUT2D eigenvalue weighted by atomic mass is 16.5. The van der Waals surface area contributed by atoms with Gasteiger partial charge in [0.05, 0.1) is 5.39 Å². The highest BCUT2D eigenvalue weighted by molar-refractivity contribution is 5.88. The first kappa shape index (κ1) is 18.5. The Bertz CT molecular complexity index is 996. The van der Waals surface area contributed by atoms with E-state index in [4.69, 9.17) is 9.15 Å². The predicted molar refractivity (Wildman–Crippen MR) is 103 cm³/mol. The first-order valence-electron chi connectivity index (χ1n) is 9.72. The first-order valence-corrected chi connectivity index (χ1v) is 9.72. The molecule has 2 saturated heterocycles. The SMILES string of the molecule is CCc1cc(=O)oc2cc(C)cc(OCC(=O)N3CC[C@@H]4NC(=O)C[C@@H]4C3)c12. The Kier molecular flexibility index (Phi) is 4.83. The van der Waals surface area contributed by atoms with Gasteiger partial charge in [0, 0.05) is 37.5 Å². The van der Waals surface area contributed by atoms with Gasteiger partial charge in [-0.1, -0.05) is 6.92 Å². The second-order valence-electron chi connectivity index (χ2n) is 7.64. The number of carbonyl (C=O) groups is 2. The van der Waals surface area contributed by atoms with Gasteiger partial charge in [0.25, 0.3) is 5.91 Å². The van der Waals surface area contributed by atoms with Crippen LogP contribution in [0.25, 0.3) is 11.0 Å². The minimum Gasteiger partial charge on any atom is -0.483 e. The quantitative estimate of drug-likeness (QED) is 0.812. The zero-order valence-electron chi connectivity index (χ0n) is 16.1. The fourth-order valence-electron chi connectivity index (χ4n) is 4.25. The lowest BCUT2D eigenvalue weighted by Crippen LogP contribution is -2.48. The van der Waals surface area contributed by atoms with Gasteiger partial charge in [-0.3, -0.25) is 9.59 Å². The van der Waals surface area contributed by atoms with Crippen LogP contribution in [0.15, 0.2) is 27.4 Å². The average molecular weight is 384 g/mol. The predicted octanol–water partition coefficient (Wildman–Crippen LogP) is 1.78. The van der Waals surface area contributed by atoms with Gasteiger partial charge in [-0.2, -0.15) is 0 Å². The highest BCUT2D eigenvalue weighted by Gasteiger charge is 2.38. The zero-order chi connectivity index (χ0) is 19.8. The molecule has 2 aliphatic heterocycles. The van der Waals surface area contributed by atoms with E-state index in [0.29, 0.717) is 37.3 Å². The highest BCUT2D eigenvalue weighted by Crippen LogP contribution is 2.30. The van der Waals surface area contributed by atoms with E-state index in [1.807, 2.05) is 19.9 Å². The molecule has 1 aromatic carbocycles. The smallest absolute Gasteiger partial charge is 0.336 e. The van der Waals surface area contributed by atoms with Gasteiger partial charge >= 0.3 is 5.63 Å². The summed E-state index contributed by atoms with van der Waals surface area (Å²) in [7, 11) is 0. The molecular formula is C21H24N2O5. The van der Waals surface area contributed by atoms with Gasteiger partial charge in [0.1, 0.15) is 11.3 Å². The minimum absolute atomic E-state index is 0.0698. The number of carbonyl (C=O) groups excluding carboxylic acids is 2. The second-order valence-corrected chi connectivity index (χ2v) is 7.64. The first-order chi connectivity index (χ1) is 13.4. The third-order valence-electron chi connectivity index (χ3n) is 5.65. The lowest BCUT2D eigenvalue weighted by Gasteiger charge is -2.34. The van der Waals surface area contributed by atoms with Crippen molar-refractivity contribution >= 4 is 22.8 Å². The summed E-state index contributed by atoms with van der Waals surface area (Å²) >= 11 is 0. The van der Waals surface area contributed by atoms with Gasteiger partial charge < -0.3 is 19.4 Å². The molecule has 2 aliphatic rings. The van der Waals surface area contributed by atoms with Crippen LogP contribution in [-0.4, -0.2) is 42.5 Å². The van der Waals surface area contributed by atoms with Crippen LogP contribution >= 0.6 is 0 Å². The average Bonchev–Trinajstić information content (AvgIpc) is 3.03. The molecule has 0 bridgehead atoms. The van der Waals surface area contributed by atoms with Crippen molar-refractivity contribution < 1.29 is 18.7 Å². The molecule has 2 atom stereocenters. The summed E-state index contributed by atoms with van der Waals surface area (Å²) in [6.07, 6.45) is 1.92. The summed E-state index contributed by atoms with van der Waals surface area (Å²) in [5.74, 6) is 0.714. The van der Waals surface area contributed by atoms with Crippen LogP contribution < -0.4 is 15.7 Å². The minimum atomic E-state index is -0.389. The Morgan fingerprint density at radius 2 is 2.14 bits per heavy atom. The molecule has 0 spiro atoms. The normalized spacial score (nSPS) is 21.5. The maximum atomic E-state index is 12.7. The van der Waals surface area contributed by atoms with Gasteiger partial charge in [0.2, 0.25) is 5.91 Å². The number of nitrogens with zero attached hydrogens (tertiary/aromatic N) is 1. The Balaban J connectivity index is 1.52. The van der Waals surface area contributed by atoms with E-state index in [9.17, 15) is 14.4 Å². The van der Waals surface area contributed by atoms with Crippen LogP contribution in [0.2, 0.25) is 0 Å². The van der Waals surface area contributed by atoms with Gasteiger partial charge in [-0.15, -0.1) is 0 Å². The van der Waals surface area contributed by atoms with Crippen LogP contribution in [0, 0.1) is 12.8 Å². The largest absolute Gasteiger partial charge is 0.483 e. The van der Waals surface area contributed by atoms with E-state index in [2.05, 4.69) is 5.32 Å². The molecule has 0 unspecified atom stereocenters. The third kappa shape index (κ3) is 3.48. The molecule has 1 aromatic heterocycles. The van der Waals surface area contributed by atoms with Crippen molar-refractivity contribution in [1.82, 2.24) is 10.2 Å². The summed E-state index contributed by atoms with van der Waals surface area (Å²) in [5, 5.41) is 3.71. The summed E-state index contributed by atoms with van der Waals surface area (Å²) in [5.41, 5.74) is 1.82. The molecule has 2 fully saturated rings. The Morgan fingerprint density at radius 1 is 1.32 bits per heavy atom. The fourth-order valence-corrected chi connectivity index (χ4v) is 4.25. The molecule has 28 heavy (non-hydrogen) atoms. The van der Waals surface area contributed by atoms with Crippen LogP contribution in [0.3, 0.4) is 0 Å². The van der Waals surface area contributed by atoms with Crippen LogP contribution in [0.5, 0.6) is 5.75 Å². The summed E-state index contributed by atoms with van der Waals surface area (Å²) in [4.78, 5) is 37.8. The molecule has 0 aliphatic carbocycles. The van der Waals surface area contributed by atoms with E-state index in [0.717, 1.165) is 22.9 Å². The molecular weight excluding hydrogens is 360 g/mol. The van der Waals surface area contributed by atoms with E-state index in [-0.39, 0.29) is 36.0 Å². The summed E-state index contributed by atoms with van der Waals surface area (Å²) in [6.45, 7) is 4.97. The van der Waals surface area contributed by atoms with E-state index >= 15 is 0 Å². The van der Waals surface area contributed by atoms with Crippen molar-refractivity contribution in [2.75, 3.05) is 19.7 Å². The topological polar surface area (TPSA) is 88.8 Å². The van der Waals surface area contributed by atoms with E-state index < -0.39 is 0 Å². The molecule has 7 nitrogen and oxygen atoms in total. The van der Waals surface area contributed by atoms with E-state index in [1.54, 1.807) is 11.0 Å². The monoisotopic (exact) mass is 384 g/mol. The number of hydrogen-bond acceptors (Lipinski definition) is 5. The number of piperidine rings is 1. The zero-order valence-corrected chi connectivity index (χ0v) is 16.1. The number of nitrogens with one attached hydrogen (secondary N) is 1.